The molecule has 11 heteroatoms. The van der Waals surface area contributed by atoms with E-state index < -0.39 is 36.0 Å². The van der Waals surface area contributed by atoms with Gasteiger partial charge in [0.1, 0.15) is 17.4 Å². The lowest BCUT2D eigenvalue weighted by Gasteiger charge is -2.37. The molecule has 34 heavy (non-hydrogen) atoms. The molecule has 0 aromatic heterocycles. The van der Waals surface area contributed by atoms with Crippen molar-refractivity contribution in [2.24, 2.45) is 0 Å². The third kappa shape index (κ3) is 5.02. The molecule has 3 nitrogen and oxygen atoms in total. The van der Waals surface area contributed by atoms with Crippen LogP contribution in [-0.2, 0) is 22.8 Å². The fraction of sp³-hybridized carbons (Fsp3) is 0.435. The van der Waals surface area contributed by atoms with Crippen molar-refractivity contribution < 1.29 is 36.2 Å². The molecule has 1 aliphatic heterocycles. The monoisotopic (exact) mass is 527 g/mol. The number of anilines is 1. The lowest BCUT2D eigenvalue weighted by Crippen LogP contribution is -2.52. The van der Waals surface area contributed by atoms with Crippen LogP contribution in [0.1, 0.15) is 42.9 Å². The zero-order valence-corrected chi connectivity index (χ0v) is 19.4. The first-order valence-electron chi connectivity index (χ1n) is 10.4. The summed E-state index contributed by atoms with van der Waals surface area (Å²) >= 11 is 11.8. The van der Waals surface area contributed by atoms with Gasteiger partial charge in [-0.15, -0.1) is 0 Å². The van der Waals surface area contributed by atoms with Crippen LogP contribution in [0, 0.1) is 0 Å². The Morgan fingerprint density at radius 1 is 1.09 bits per heavy atom. The molecule has 2 aromatic carbocycles. The molecule has 1 fully saturated rings. The topological polar surface area (TPSA) is 40.5 Å². The second-order valence-electron chi connectivity index (χ2n) is 8.18. The first-order chi connectivity index (χ1) is 15.7. The first-order valence-corrected chi connectivity index (χ1v) is 11.2. The van der Waals surface area contributed by atoms with Crippen molar-refractivity contribution in [2.75, 3.05) is 11.4 Å². The highest BCUT2D eigenvalue weighted by Gasteiger charge is 2.65. The fourth-order valence-electron chi connectivity index (χ4n) is 4.32. The van der Waals surface area contributed by atoms with Gasteiger partial charge in [0.15, 0.2) is 0 Å². The minimum absolute atomic E-state index is 0.0675. The number of rotatable bonds is 6. The minimum atomic E-state index is -4.96. The molecule has 0 saturated carbocycles. The van der Waals surface area contributed by atoms with Gasteiger partial charge in [-0.25, -0.2) is 0 Å². The van der Waals surface area contributed by atoms with Gasteiger partial charge in [-0.3, -0.25) is 4.79 Å². The third-order valence-corrected chi connectivity index (χ3v) is 6.60. The van der Waals surface area contributed by atoms with E-state index in [0.717, 1.165) is 23.1 Å². The van der Waals surface area contributed by atoms with E-state index in [-0.39, 0.29) is 58.5 Å². The average Bonchev–Trinajstić information content (AvgIpc) is 3.08. The van der Waals surface area contributed by atoms with Crippen LogP contribution in [0.3, 0.4) is 0 Å². The molecule has 1 N–H and O–H groups in total. The maximum atomic E-state index is 14.4. The quantitative estimate of drug-likeness (QED) is 0.413. The van der Waals surface area contributed by atoms with Crippen LogP contribution < -0.4 is 4.90 Å². The number of nitrogens with zero attached hydrogens (tertiary/aromatic N) is 1. The maximum absolute atomic E-state index is 14.4. The number of benzene rings is 2. The minimum Gasteiger partial charge on any atom is -0.372 e. The van der Waals surface area contributed by atoms with Gasteiger partial charge in [0.25, 0.3) is 0 Å². The molecule has 0 amide bonds. The van der Waals surface area contributed by atoms with E-state index >= 15 is 0 Å². The molecule has 1 heterocycles. The van der Waals surface area contributed by atoms with Crippen molar-refractivity contribution in [3.63, 3.8) is 0 Å². The van der Waals surface area contributed by atoms with Gasteiger partial charge in [-0.05, 0) is 54.3 Å². The normalized spacial score (nSPS) is 21.2. The molecule has 3 rings (SSSR count). The van der Waals surface area contributed by atoms with Gasteiger partial charge in [-0.2, -0.15) is 26.3 Å². The summed E-state index contributed by atoms with van der Waals surface area (Å²) < 4.78 is 84.3. The average molecular weight is 528 g/mol. The van der Waals surface area contributed by atoms with E-state index in [2.05, 4.69) is 0 Å². The van der Waals surface area contributed by atoms with Crippen molar-refractivity contribution in [3.8, 4) is 0 Å². The number of aliphatic hydroxyl groups is 1. The van der Waals surface area contributed by atoms with Gasteiger partial charge in [0, 0.05) is 35.1 Å². The molecule has 0 bridgehead atoms. The molecule has 0 aliphatic carbocycles. The van der Waals surface area contributed by atoms with Gasteiger partial charge in [0.2, 0.25) is 0 Å². The zero-order chi connectivity index (χ0) is 25.5. The fourth-order valence-corrected chi connectivity index (χ4v) is 4.84. The Bertz CT molecular complexity index is 1050. The number of ketones is 1. The van der Waals surface area contributed by atoms with E-state index in [1.54, 1.807) is 6.92 Å². The standard InChI is InChI=1S/C23H21Cl2F6NO2/c1-2-18(33)6-4-13-3-5-17(12-19(13)22(26,27)28)32-8-7-21(20(32)34,23(29,30)31)14-9-15(24)11-16(25)10-14/h3,5,9-12,20,34H,2,4,6-8H2,1H3. The summed E-state index contributed by atoms with van der Waals surface area (Å²) in [6.07, 6.45) is -12.7. The number of alkyl halides is 6. The molecule has 2 atom stereocenters. The van der Waals surface area contributed by atoms with Crippen LogP contribution in [0.2, 0.25) is 10.0 Å². The summed E-state index contributed by atoms with van der Waals surface area (Å²) in [5.74, 6) is -0.206. The number of hydrogen-bond acceptors (Lipinski definition) is 3. The van der Waals surface area contributed by atoms with E-state index in [0.29, 0.717) is 6.07 Å². The highest BCUT2D eigenvalue weighted by atomic mass is 35.5. The Hall–Kier alpha value is -1.97. The van der Waals surface area contributed by atoms with Gasteiger partial charge >= 0.3 is 12.4 Å². The number of halogens is 8. The Balaban J connectivity index is 2.05. The molecule has 0 radical (unpaired) electrons. The van der Waals surface area contributed by atoms with E-state index in [1.807, 2.05) is 0 Å². The highest BCUT2D eigenvalue weighted by Crippen LogP contribution is 2.52. The van der Waals surface area contributed by atoms with Crippen molar-refractivity contribution in [2.45, 2.75) is 56.6 Å². The predicted octanol–water partition coefficient (Wildman–Crippen LogP) is 6.95. The van der Waals surface area contributed by atoms with Crippen molar-refractivity contribution in [1.82, 2.24) is 0 Å². The largest absolute Gasteiger partial charge is 0.416 e. The van der Waals surface area contributed by atoms with Crippen LogP contribution in [0.25, 0.3) is 0 Å². The summed E-state index contributed by atoms with van der Waals surface area (Å²) in [6, 6.07) is 6.41. The van der Waals surface area contributed by atoms with Gasteiger partial charge in [-0.1, -0.05) is 36.2 Å². The molecular weight excluding hydrogens is 507 g/mol. The number of aliphatic hydroxyl groups excluding tert-OH is 1. The number of aryl methyl sites for hydroxylation is 1. The Kier molecular flexibility index (Phi) is 7.51. The van der Waals surface area contributed by atoms with E-state index in [9.17, 15) is 36.2 Å². The van der Waals surface area contributed by atoms with Crippen LogP contribution >= 0.6 is 23.2 Å². The molecule has 2 aromatic rings. The van der Waals surface area contributed by atoms with Crippen molar-refractivity contribution in [1.29, 1.82) is 0 Å². The van der Waals surface area contributed by atoms with Crippen molar-refractivity contribution >= 4 is 34.7 Å². The summed E-state index contributed by atoms with van der Waals surface area (Å²) in [4.78, 5) is 12.5. The second kappa shape index (κ2) is 9.59. The van der Waals surface area contributed by atoms with E-state index in [4.69, 9.17) is 23.2 Å². The summed E-state index contributed by atoms with van der Waals surface area (Å²) in [6.45, 7) is 1.24. The second-order valence-corrected chi connectivity index (χ2v) is 9.05. The van der Waals surface area contributed by atoms with E-state index in [1.165, 1.54) is 12.1 Å². The predicted molar refractivity (Wildman–Crippen MR) is 117 cm³/mol. The zero-order valence-electron chi connectivity index (χ0n) is 17.9. The van der Waals surface area contributed by atoms with Crippen LogP contribution in [-0.4, -0.2) is 29.8 Å². The van der Waals surface area contributed by atoms with Gasteiger partial charge < -0.3 is 10.0 Å². The lowest BCUT2D eigenvalue weighted by molar-refractivity contribution is -0.210. The van der Waals surface area contributed by atoms with Crippen LogP contribution in [0.4, 0.5) is 32.0 Å². The molecule has 186 valence electrons. The first kappa shape index (κ1) is 26.6. The molecule has 0 spiro atoms. The van der Waals surface area contributed by atoms with Gasteiger partial charge in [0.05, 0.1) is 5.56 Å². The number of Topliss-reactive ketones (excluding diaryl/α,β-unsaturated/α-hetero) is 1. The maximum Gasteiger partial charge on any atom is 0.416 e. The van der Waals surface area contributed by atoms with Crippen molar-refractivity contribution in [3.05, 3.63) is 63.1 Å². The number of hydrogen-bond donors (Lipinski definition) is 1. The molecular formula is C23H21Cl2F6NO2. The summed E-state index contributed by atoms with van der Waals surface area (Å²) in [5.41, 5.74) is -4.61. The Labute approximate surface area is 202 Å². The third-order valence-electron chi connectivity index (χ3n) is 6.16. The number of carbonyl (C=O) groups is 1. The smallest absolute Gasteiger partial charge is 0.372 e. The molecule has 2 unspecified atom stereocenters. The van der Waals surface area contributed by atoms with Crippen LogP contribution in [0.5, 0.6) is 0 Å². The Morgan fingerprint density at radius 2 is 1.71 bits per heavy atom. The molecule has 1 aliphatic rings. The lowest BCUT2D eigenvalue weighted by atomic mass is 9.77. The summed E-state index contributed by atoms with van der Waals surface area (Å²) in [7, 11) is 0. The molecule has 1 saturated heterocycles. The Morgan fingerprint density at radius 3 is 2.24 bits per heavy atom. The highest BCUT2D eigenvalue weighted by molar-refractivity contribution is 6.34. The van der Waals surface area contributed by atoms with Crippen LogP contribution in [0.15, 0.2) is 36.4 Å². The summed E-state index contributed by atoms with van der Waals surface area (Å²) in [5, 5.41) is 10.8. The SMILES string of the molecule is CCC(=O)CCc1ccc(N2CCC(c3cc(Cl)cc(Cl)c3)(C(F)(F)F)C2O)cc1C(F)(F)F. The number of carbonyl (C=O) groups excluding carboxylic acids is 1.